The first-order valence-electron chi connectivity index (χ1n) is 3.87. The van der Waals surface area contributed by atoms with Crippen molar-refractivity contribution in [3.05, 3.63) is 40.6 Å². The van der Waals surface area contributed by atoms with Gasteiger partial charge in [0.2, 0.25) is 0 Å². The van der Waals surface area contributed by atoms with Gasteiger partial charge in [0.25, 0.3) is 5.56 Å². The number of furan rings is 1. The van der Waals surface area contributed by atoms with E-state index >= 15 is 0 Å². The Kier molecular flexibility index (Phi) is 1.73. The quantitative estimate of drug-likeness (QED) is 0.713. The lowest BCUT2D eigenvalue weighted by Crippen LogP contribution is -2.08. The van der Waals surface area contributed by atoms with E-state index in [0.717, 1.165) is 0 Å². The molecule has 2 rings (SSSR count). The molecule has 4 nitrogen and oxygen atoms in total. The molecule has 2 heterocycles. The predicted octanol–water partition coefficient (Wildman–Crippen LogP) is 1.34. The third-order valence-electron chi connectivity index (χ3n) is 1.63. The number of nitrogens with zero attached hydrogens (tertiary/aromatic N) is 1. The van der Waals surface area contributed by atoms with E-state index in [1.807, 2.05) is 0 Å². The highest BCUT2D eigenvalue weighted by atomic mass is 16.3. The highest BCUT2D eigenvalue weighted by Gasteiger charge is 2.03. The Morgan fingerprint density at radius 2 is 2.38 bits per heavy atom. The van der Waals surface area contributed by atoms with Gasteiger partial charge in [0, 0.05) is 6.07 Å². The molecule has 0 radical (unpaired) electrons. The van der Waals surface area contributed by atoms with E-state index in [2.05, 4.69) is 9.97 Å². The van der Waals surface area contributed by atoms with Crippen LogP contribution in [0.15, 0.2) is 33.7 Å². The number of nitrogens with one attached hydrogen (secondary N) is 1. The summed E-state index contributed by atoms with van der Waals surface area (Å²) >= 11 is 0. The number of H-pyrrole nitrogens is 1. The van der Waals surface area contributed by atoms with Gasteiger partial charge in [-0.15, -0.1) is 0 Å². The molecule has 2 aromatic rings. The Bertz CT molecular complexity index is 457. The van der Waals surface area contributed by atoms with Crippen LogP contribution in [0.4, 0.5) is 0 Å². The Labute approximate surface area is 74.2 Å². The van der Waals surface area contributed by atoms with Gasteiger partial charge in [-0.1, -0.05) is 0 Å². The molecule has 4 heteroatoms. The van der Waals surface area contributed by atoms with Crippen molar-refractivity contribution in [1.82, 2.24) is 9.97 Å². The fourth-order valence-corrected chi connectivity index (χ4v) is 1.13. The second-order valence-corrected chi connectivity index (χ2v) is 2.69. The van der Waals surface area contributed by atoms with Gasteiger partial charge in [0.15, 0.2) is 5.76 Å². The molecule has 0 saturated heterocycles. The van der Waals surface area contributed by atoms with Crippen molar-refractivity contribution in [2.24, 2.45) is 0 Å². The van der Waals surface area contributed by atoms with E-state index in [9.17, 15) is 4.79 Å². The zero-order valence-electron chi connectivity index (χ0n) is 7.07. The highest BCUT2D eigenvalue weighted by molar-refractivity contribution is 5.50. The Hall–Kier alpha value is -1.84. The molecule has 0 atom stereocenters. The first-order valence-corrected chi connectivity index (χ1v) is 3.87. The molecule has 66 valence electrons. The molecule has 13 heavy (non-hydrogen) atoms. The molecule has 0 bridgehead atoms. The maximum Gasteiger partial charge on any atom is 0.251 e. The van der Waals surface area contributed by atoms with E-state index in [1.165, 1.54) is 6.07 Å². The zero-order valence-corrected chi connectivity index (χ0v) is 7.07. The number of aromatic amines is 1. The summed E-state index contributed by atoms with van der Waals surface area (Å²) < 4.78 is 5.11. The molecule has 0 unspecified atom stereocenters. The van der Waals surface area contributed by atoms with Crippen LogP contribution in [0.2, 0.25) is 0 Å². The van der Waals surface area contributed by atoms with Crippen LogP contribution in [-0.2, 0) is 0 Å². The van der Waals surface area contributed by atoms with Crippen LogP contribution in [-0.4, -0.2) is 9.97 Å². The molecule has 2 aromatic heterocycles. The minimum atomic E-state index is -0.168. The third-order valence-corrected chi connectivity index (χ3v) is 1.63. The van der Waals surface area contributed by atoms with Crippen molar-refractivity contribution in [1.29, 1.82) is 0 Å². The van der Waals surface area contributed by atoms with E-state index in [-0.39, 0.29) is 5.56 Å². The first kappa shape index (κ1) is 7.79. The van der Waals surface area contributed by atoms with Gasteiger partial charge in [-0.25, -0.2) is 4.98 Å². The summed E-state index contributed by atoms with van der Waals surface area (Å²) in [4.78, 5) is 17.8. The Morgan fingerprint density at radius 1 is 1.54 bits per heavy atom. The lowest BCUT2D eigenvalue weighted by molar-refractivity contribution is 0.579. The fraction of sp³-hybridized carbons (Fsp3) is 0.111. The van der Waals surface area contributed by atoms with Gasteiger partial charge in [-0.05, 0) is 19.1 Å². The molecule has 1 N–H and O–H groups in total. The predicted molar refractivity (Wildman–Crippen MR) is 47.3 cm³/mol. The van der Waals surface area contributed by atoms with Crippen LogP contribution < -0.4 is 5.56 Å². The van der Waals surface area contributed by atoms with Crippen LogP contribution in [0.5, 0.6) is 0 Å². The van der Waals surface area contributed by atoms with Crippen LogP contribution in [0, 0.1) is 6.92 Å². The average Bonchev–Trinajstić information content (AvgIpc) is 2.53. The summed E-state index contributed by atoms with van der Waals surface area (Å²) in [5.74, 6) is 1.19. The normalized spacial score (nSPS) is 10.2. The minimum Gasteiger partial charge on any atom is -0.463 e. The second-order valence-electron chi connectivity index (χ2n) is 2.69. The van der Waals surface area contributed by atoms with Crippen molar-refractivity contribution in [2.45, 2.75) is 6.92 Å². The van der Waals surface area contributed by atoms with E-state index in [4.69, 9.17) is 4.42 Å². The van der Waals surface area contributed by atoms with Gasteiger partial charge in [-0.3, -0.25) is 4.79 Å². The maximum absolute atomic E-state index is 11.1. The molecule has 0 aromatic carbocycles. The molecule has 0 spiro atoms. The summed E-state index contributed by atoms with van der Waals surface area (Å²) in [6.07, 6.45) is 1.55. The van der Waals surface area contributed by atoms with Crippen LogP contribution in [0.25, 0.3) is 11.5 Å². The van der Waals surface area contributed by atoms with E-state index in [0.29, 0.717) is 17.3 Å². The maximum atomic E-state index is 11.1. The number of aryl methyl sites for hydroxylation is 1. The molecular formula is C9H8N2O2. The highest BCUT2D eigenvalue weighted by Crippen LogP contribution is 2.14. The fourth-order valence-electron chi connectivity index (χ4n) is 1.13. The van der Waals surface area contributed by atoms with Crippen molar-refractivity contribution in [2.75, 3.05) is 0 Å². The van der Waals surface area contributed by atoms with Gasteiger partial charge < -0.3 is 9.40 Å². The zero-order chi connectivity index (χ0) is 9.26. The van der Waals surface area contributed by atoms with Crippen molar-refractivity contribution in [3.63, 3.8) is 0 Å². The molecule has 0 aliphatic carbocycles. The smallest absolute Gasteiger partial charge is 0.251 e. The SMILES string of the molecule is Cc1nc(-c2ccco2)cc(=O)[nH]1. The van der Waals surface area contributed by atoms with Gasteiger partial charge >= 0.3 is 0 Å². The Balaban J connectivity index is 2.59. The molecular weight excluding hydrogens is 168 g/mol. The van der Waals surface area contributed by atoms with Crippen molar-refractivity contribution >= 4 is 0 Å². The largest absolute Gasteiger partial charge is 0.463 e. The summed E-state index contributed by atoms with van der Waals surface area (Å²) in [5, 5.41) is 0. The minimum absolute atomic E-state index is 0.168. The van der Waals surface area contributed by atoms with Gasteiger partial charge in [0.1, 0.15) is 11.5 Å². The third kappa shape index (κ3) is 1.51. The van der Waals surface area contributed by atoms with Crippen LogP contribution in [0.1, 0.15) is 5.82 Å². The molecule has 0 amide bonds. The second kappa shape index (κ2) is 2.90. The molecule has 0 saturated carbocycles. The first-order chi connectivity index (χ1) is 6.25. The van der Waals surface area contributed by atoms with Gasteiger partial charge in [0.05, 0.1) is 6.26 Å². The van der Waals surface area contributed by atoms with Crippen molar-refractivity contribution in [3.8, 4) is 11.5 Å². The number of aromatic nitrogens is 2. The van der Waals surface area contributed by atoms with E-state index in [1.54, 1.807) is 25.3 Å². The molecule has 0 fully saturated rings. The molecule has 0 aliphatic rings. The summed E-state index contributed by atoms with van der Waals surface area (Å²) in [7, 11) is 0. The standard InChI is InChI=1S/C9H8N2O2/c1-6-10-7(5-9(12)11-6)8-3-2-4-13-8/h2-5H,1H3,(H,10,11,12). The van der Waals surface area contributed by atoms with Crippen LogP contribution >= 0.6 is 0 Å². The number of hydrogen-bond acceptors (Lipinski definition) is 3. The number of rotatable bonds is 1. The average molecular weight is 176 g/mol. The lowest BCUT2D eigenvalue weighted by atomic mass is 10.3. The summed E-state index contributed by atoms with van der Waals surface area (Å²) in [5.41, 5.74) is 0.394. The van der Waals surface area contributed by atoms with E-state index < -0.39 is 0 Å². The van der Waals surface area contributed by atoms with Gasteiger partial charge in [-0.2, -0.15) is 0 Å². The van der Waals surface area contributed by atoms with Crippen molar-refractivity contribution < 1.29 is 4.42 Å². The summed E-state index contributed by atoms with van der Waals surface area (Å²) in [6, 6.07) is 4.93. The lowest BCUT2D eigenvalue weighted by Gasteiger charge is -1.96. The number of hydrogen-bond donors (Lipinski definition) is 1. The Morgan fingerprint density at radius 3 is 3.00 bits per heavy atom. The topological polar surface area (TPSA) is 58.9 Å². The summed E-state index contributed by atoms with van der Waals surface area (Å²) in [6.45, 7) is 1.73. The molecule has 0 aliphatic heterocycles. The van der Waals surface area contributed by atoms with Crippen LogP contribution in [0.3, 0.4) is 0 Å². The monoisotopic (exact) mass is 176 g/mol.